The van der Waals surface area contributed by atoms with Crippen molar-refractivity contribution in [2.75, 3.05) is 0 Å². The third kappa shape index (κ3) is 6.17. The fourth-order valence-electron chi connectivity index (χ4n) is 7.38. The molecule has 18 heteroatoms. The Kier molecular flexibility index (Phi) is 8.56. The van der Waals surface area contributed by atoms with Gasteiger partial charge in [-0.05, 0) is 42.5 Å². The predicted octanol–water partition coefficient (Wildman–Crippen LogP) is 6.76. The molecule has 0 amide bonds. The summed E-state index contributed by atoms with van der Waals surface area (Å²) in [6, 6.07) is 14.1. The summed E-state index contributed by atoms with van der Waals surface area (Å²) >= 11 is 0. The molecule has 18 nitrogen and oxygen atoms in total. The summed E-state index contributed by atoms with van der Waals surface area (Å²) < 4.78 is 17.6. The maximum Gasteiger partial charge on any atom is 0.197 e. The summed E-state index contributed by atoms with van der Waals surface area (Å²) in [6.45, 7) is 0. The normalized spacial score (nSPS) is 11.5. The van der Waals surface area contributed by atoms with Gasteiger partial charge in [-0.3, -0.25) is 14.4 Å². The van der Waals surface area contributed by atoms with E-state index in [2.05, 4.69) is 0 Å². The Morgan fingerprint density at radius 1 is 0.333 bits per heavy atom. The molecular weight excluding hydrogens is 828 g/mol. The number of hydrogen-bond donors (Lipinski definition) is 12. The third-order valence-corrected chi connectivity index (χ3v) is 10.3. The second-order valence-electron chi connectivity index (χ2n) is 14.2. The lowest BCUT2D eigenvalue weighted by Crippen LogP contribution is -2.04. The van der Waals surface area contributed by atoms with Gasteiger partial charge in [0.2, 0.25) is 0 Å². The van der Waals surface area contributed by atoms with Gasteiger partial charge in [0.1, 0.15) is 79.5 Å². The van der Waals surface area contributed by atoms with Crippen LogP contribution in [0, 0.1) is 0 Å². The monoisotopic (exact) mass is 854 g/mol. The predicted molar refractivity (Wildman–Crippen MR) is 221 cm³/mol. The van der Waals surface area contributed by atoms with E-state index in [9.17, 15) is 75.7 Å². The van der Waals surface area contributed by atoms with Crippen molar-refractivity contribution in [3.05, 3.63) is 116 Å². The minimum Gasteiger partial charge on any atom is -0.508 e. The van der Waals surface area contributed by atoms with E-state index in [4.69, 9.17) is 13.3 Å². The molecule has 9 rings (SSSR count). The molecule has 5 aromatic carbocycles. The highest BCUT2D eigenvalue weighted by molar-refractivity contribution is 6.02. The van der Waals surface area contributed by atoms with E-state index < -0.39 is 130 Å². The Balaban J connectivity index is 1.22. The van der Waals surface area contributed by atoms with Crippen molar-refractivity contribution in [3.63, 3.8) is 0 Å². The molecule has 0 unspecified atom stereocenters. The van der Waals surface area contributed by atoms with E-state index >= 15 is 0 Å². The first-order chi connectivity index (χ1) is 29.9. The van der Waals surface area contributed by atoms with E-state index in [1.807, 2.05) is 0 Å². The molecule has 0 radical (unpaired) electrons. The minimum atomic E-state index is -0.964. The quantitative estimate of drug-likeness (QED) is 0.0795. The van der Waals surface area contributed by atoms with Gasteiger partial charge in [0.15, 0.2) is 56.4 Å². The highest BCUT2D eigenvalue weighted by Gasteiger charge is 2.28. The maximum atomic E-state index is 13.7. The van der Waals surface area contributed by atoms with E-state index in [0.717, 1.165) is 78.9 Å². The molecule has 2 aliphatic rings. The molecule has 0 bridgehead atoms. The number of benzene rings is 6. The molecule has 12 N–H and O–H groups in total. The Bertz CT molecular complexity index is 3620. The van der Waals surface area contributed by atoms with E-state index in [-0.39, 0.29) is 45.1 Å². The third-order valence-electron chi connectivity index (χ3n) is 10.3. The number of phenols is 11. The van der Waals surface area contributed by atoms with Crippen LogP contribution >= 0.6 is 0 Å². The highest BCUT2D eigenvalue weighted by Crippen LogP contribution is 2.52. The fraction of sp³-hybridized carbons (Fsp3) is 0. The molecule has 63 heavy (non-hydrogen) atoms. The minimum absolute atomic E-state index is 0.0968. The van der Waals surface area contributed by atoms with Crippen LogP contribution in [0.5, 0.6) is 69.0 Å². The van der Waals surface area contributed by atoms with Crippen LogP contribution in [0.2, 0.25) is 0 Å². The van der Waals surface area contributed by atoms with Crippen LogP contribution in [0.15, 0.2) is 113 Å². The van der Waals surface area contributed by atoms with Crippen molar-refractivity contribution in [2.24, 2.45) is 0 Å². The first kappa shape index (κ1) is 39.0. The number of fused-ring (bicyclic) bond motifs is 3. The second-order valence-corrected chi connectivity index (χ2v) is 14.2. The van der Waals surface area contributed by atoms with Crippen LogP contribution in [0.25, 0.3) is 89.5 Å². The zero-order chi connectivity index (χ0) is 44.9. The van der Waals surface area contributed by atoms with Gasteiger partial charge < -0.3 is 74.5 Å². The second kappa shape index (κ2) is 13.8. The topological polar surface area (TPSA) is 333 Å². The summed E-state index contributed by atoms with van der Waals surface area (Å²) in [5, 5.41) is 128. The van der Waals surface area contributed by atoms with Crippen molar-refractivity contribution in [1.82, 2.24) is 0 Å². The molecular formula is C45H26O18. The molecule has 2 aromatic heterocycles. The Labute approximate surface area is 348 Å². The molecule has 0 saturated heterocycles. The standard InChI is InChI=1S/C45H26O18/c46-18-8-23(49)39-27(53)11-33(62-35(39)9-18)16-4-20(43(59)31(57)6-16)38-24(50)10-25(51)40-28(54)12-34(63-45(38)40)17-3-19(42(58)30(56)7-17)37-26(52)14-36-41(44(37)60)29(55)13-32(61-36)15-1-2-21(47)22(48)5-15/h1-14,46-48,50-53,56-60H. The van der Waals surface area contributed by atoms with Crippen LogP contribution in [0.1, 0.15) is 0 Å². The van der Waals surface area contributed by atoms with Gasteiger partial charge in [-0.1, -0.05) is 0 Å². The number of hydrogen-bond acceptors (Lipinski definition) is 18. The van der Waals surface area contributed by atoms with Crippen molar-refractivity contribution in [1.29, 1.82) is 0 Å². The van der Waals surface area contributed by atoms with Crippen LogP contribution in [0.4, 0.5) is 0 Å². The fourth-order valence-corrected chi connectivity index (χ4v) is 7.38. The average molecular weight is 855 g/mol. The first-order valence-electron chi connectivity index (χ1n) is 18.1. The number of phenolic OH excluding ortho intramolecular Hbond substituents is 11. The van der Waals surface area contributed by atoms with Gasteiger partial charge >= 0.3 is 0 Å². The SMILES string of the molecule is O=c1cc(O)cc2oc(-c3cc(O)c(O)c(-c4c(O)cc(O)c5c(=O)cc(-c6cc(O)c(O)c(-c7c(O)cc8oc(-c9ccc(O)c(O)c9)cc(=O)c8c7O)c6)oc45)c3)cc(O)c1-2. The van der Waals surface area contributed by atoms with E-state index in [0.29, 0.717) is 0 Å². The highest BCUT2D eigenvalue weighted by atomic mass is 16.4. The van der Waals surface area contributed by atoms with Crippen LogP contribution in [-0.2, 0) is 0 Å². The Hall–Kier alpha value is -9.45. The van der Waals surface area contributed by atoms with E-state index in [1.54, 1.807) is 0 Å². The van der Waals surface area contributed by atoms with Crippen molar-refractivity contribution in [2.45, 2.75) is 0 Å². The van der Waals surface area contributed by atoms with Gasteiger partial charge in [-0.25, -0.2) is 0 Å². The summed E-state index contributed by atoms with van der Waals surface area (Å²) in [7, 11) is 0. The van der Waals surface area contributed by atoms with Crippen molar-refractivity contribution >= 4 is 21.9 Å². The van der Waals surface area contributed by atoms with Crippen LogP contribution in [0.3, 0.4) is 0 Å². The van der Waals surface area contributed by atoms with Gasteiger partial charge in [0, 0.05) is 70.3 Å². The summed E-state index contributed by atoms with van der Waals surface area (Å²) in [4.78, 5) is 39.6. The van der Waals surface area contributed by atoms with Crippen LogP contribution < -0.4 is 16.3 Å². The summed E-state index contributed by atoms with van der Waals surface area (Å²) in [5.41, 5.74) is -6.06. The lowest BCUT2D eigenvalue weighted by molar-refractivity contribution is 0.403. The van der Waals surface area contributed by atoms with Gasteiger partial charge in [-0.15, -0.1) is 0 Å². The Morgan fingerprint density at radius 3 is 1.54 bits per heavy atom. The molecule has 0 fully saturated rings. The molecule has 0 atom stereocenters. The van der Waals surface area contributed by atoms with Crippen LogP contribution in [-0.4, -0.2) is 61.3 Å². The van der Waals surface area contributed by atoms with Gasteiger partial charge in [0.25, 0.3) is 0 Å². The summed E-state index contributed by atoms with van der Waals surface area (Å²) in [6.07, 6.45) is 0. The molecule has 7 aromatic rings. The zero-order valence-electron chi connectivity index (χ0n) is 31.4. The van der Waals surface area contributed by atoms with Gasteiger partial charge in [0.05, 0.1) is 11.1 Å². The molecule has 1 aliphatic carbocycles. The smallest absolute Gasteiger partial charge is 0.197 e. The summed E-state index contributed by atoms with van der Waals surface area (Å²) in [5.74, 6) is -9.93. The first-order valence-corrected chi connectivity index (χ1v) is 18.1. The largest absolute Gasteiger partial charge is 0.508 e. The number of aromatic hydroxyl groups is 12. The number of rotatable bonds is 5. The molecule has 0 saturated carbocycles. The average Bonchev–Trinajstić information content (AvgIpc) is 3.20. The lowest BCUT2D eigenvalue weighted by Gasteiger charge is -2.16. The maximum absolute atomic E-state index is 13.7. The van der Waals surface area contributed by atoms with E-state index in [1.165, 1.54) is 6.07 Å². The van der Waals surface area contributed by atoms with Crippen molar-refractivity contribution < 1.29 is 74.5 Å². The molecule has 0 spiro atoms. The molecule has 314 valence electrons. The molecule has 3 heterocycles. The van der Waals surface area contributed by atoms with Gasteiger partial charge in [-0.2, -0.15) is 0 Å². The van der Waals surface area contributed by atoms with Crippen molar-refractivity contribution in [3.8, 4) is 137 Å². The lowest BCUT2D eigenvalue weighted by atomic mass is 9.95. The zero-order valence-corrected chi connectivity index (χ0v) is 31.4. The Morgan fingerprint density at radius 2 is 0.889 bits per heavy atom. The molecule has 1 aliphatic heterocycles.